The lowest BCUT2D eigenvalue weighted by atomic mass is 10.0. The predicted octanol–water partition coefficient (Wildman–Crippen LogP) is 2.91. The topological polar surface area (TPSA) is 29.1 Å². The third-order valence-corrected chi connectivity index (χ3v) is 3.37. The summed E-state index contributed by atoms with van der Waals surface area (Å²) in [4.78, 5) is 11.8. The Balaban J connectivity index is 1.98. The number of nitrogens with one attached hydrogen (secondary N) is 1. The molecule has 1 aromatic rings. The molecule has 1 aromatic carbocycles. The fourth-order valence-corrected chi connectivity index (χ4v) is 2.07. The Labute approximate surface area is 97.1 Å². The lowest BCUT2D eigenvalue weighted by Crippen LogP contribution is -2.29. The van der Waals surface area contributed by atoms with Crippen molar-refractivity contribution in [1.82, 2.24) is 5.32 Å². The van der Waals surface area contributed by atoms with Gasteiger partial charge in [0.15, 0.2) is 0 Å². The zero-order valence-corrected chi connectivity index (χ0v) is 9.94. The van der Waals surface area contributed by atoms with Gasteiger partial charge in [0.05, 0.1) is 6.04 Å². The molecule has 1 saturated carbocycles. The number of benzene rings is 1. The Morgan fingerprint density at radius 2 is 2.06 bits per heavy atom. The highest BCUT2D eigenvalue weighted by Gasteiger charge is 2.39. The van der Waals surface area contributed by atoms with E-state index >= 15 is 0 Å². The van der Waals surface area contributed by atoms with Gasteiger partial charge in [0.1, 0.15) is 0 Å². The van der Waals surface area contributed by atoms with Crippen LogP contribution in [0.3, 0.4) is 0 Å². The molecule has 2 heteroatoms. The van der Waals surface area contributed by atoms with E-state index in [-0.39, 0.29) is 17.9 Å². The van der Waals surface area contributed by atoms with Gasteiger partial charge in [-0.05, 0) is 24.3 Å². The molecule has 0 bridgehead atoms. The van der Waals surface area contributed by atoms with E-state index in [1.54, 1.807) is 0 Å². The van der Waals surface area contributed by atoms with Crippen molar-refractivity contribution in [3.63, 3.8) is 0 Å². The summed E-state index contributed by atoms with van der Waals surface area (Å²) in [5.41, 5.74) is 1.20. The van der Waals surface area contributed by atoms with Crippen LogP contribution >= 0.6 is 0 Å². The molecule has 0 saturated heterocycles. The third-order valence-electron chi connectivity index (χ3n) is 3.37. The van der Waals surface area contributed by atoms with Gasteiger partial charge >= 0.3 is 0 Å². The van der Waals surface area contributed by atoms with E-state index in [0.29, 0.717) is 5.92 Å². The van der Waals surface area contributed by atoms with Crippen LogP contribution in [0.25, 0.3) is 0 Å². The molecule has 0 heterocycles. The zero-order valence-electron chi connectivity index (χ0n) is 9.94. The molecule has 1 aliphatic carbocycles. The second kappa shape index (κ2) is 4.69. The quantitative estimate of drug-likeness (QED) is 0.825. The summed E-state index contributed by atoms with van der Waals surface area (Å²) in [5, 5.41) is 3.14. The van der Waals surface area contributed by atoms with Crippen molar-refractivity contribution in [2.75, 3.05) is 0 Å². The van der Waals surface area contributed by atoms with Gasteiger partial charge < -0.3 is 5.32 Å². The molecule has 1 aliphatic rings. The molecular weight excluding hydrogens is 198 g/mol. The fourth-order valence-electron chi connectivity index (χ4n) is 2.07. The second-order valence-corrected chi connectivity index (χ2v) is 4.70. The van der Waals surface area contributed by atoms with Crippen molar-refractivity contribution >= 4 is 5.91 Å². The molecule has 0 unspecified atom stereocenters. The van der Waals surface area contributed by atoms with Crippen LogP contribution in [0.4, 0.5) is 0 Å². The largest absolute Gasteiger partial charge is 0.349 e. The smallest absolute Gasteiger partial charge is 0.223 e. The number of hydrogen-bond acceptors (Lipinski definition) is 1. The first-order valence-corrected chi connectivity index (χ1v) is 6.07. The summed E-state index contributed by atoms with van der Waals surface area (Å²) in [7, 11) is 0. The van der Waals surface area contributed by atoms with E-state index in [2.05, 4.69) is 31.3 Å². The summed E-state index contributed by atoms with van der Waals surface area (Å²) >= 11 is 0. The van der Waals surface area contributed by atoms with E-state index in [9.17, 15) is 4.79 Å². The van der Waals surface area contributed by atoms with Crippen LogP contribution < -0.4 is 5.32 Å². The van der Waals surface area contributed by atoms with Crippen LogP contribution in [0.15, 0.2) is 30.3 Å². The summed E-state index contributed by atoms with van der Waals surface area (Å²) in [6.45, 7) is 4.24. The predicted molar refractivity (Wildman–Crippen MR) is 64.9 cm³/mol. The van der Waals surface area contributed by atoms with E-state index in [0.717, 1.165) is 12.8 Å². The van der Waals surface area contributed by atoms with Gasteiger partial charge in [-0.1, -0.05) is 44.2 Å². The number of rotatable bonds is 4. The Kier molecular flexibility index (Phi) is 3.28. The molecule has 0 radical (unpaired) electrons. The maximum atomic E-state index is 11.8. The normalized spacial score (nSPS) is 24.9. The Hall–Kier alpha value is -1.31. The highest BCUT2D eigenvalue weighted by molar-refractivity contribution is 5.81. The molecule has 16 heavy (non-hydrogen) atoms. The van der Waals surface area contributed by atoms with Crippen molar-refractivity contribution in [3.8, 4) is 0 Å². The van der Waals surface area contributed by atoms with Crippen LogP contribution in [0.1, 0.15) is 38.3 Å². The van der Waals surface area contributed by atoms with Crippen LogP contribution in [0.5, 0.6) is 0 Å². The third kappa shape index (κ3) is 2.43. The Morgan fingerprint density at radius 1 is 1.44 bits per heavy atom. The summed E-state index contributed by atoms with van der Waals surface area (Å²) < 4.78 is 0. The van der Waals surface area contributed by atoms with Crippen molar-refractivity contribution in [2.45, 2.75) is 32.7 Å². The van der Waals surface area contributed by atoms with Gasteiger partial charge in [0.2, 0.25) is 5.91 Å². The van der Waals surface area contributed by atoms with Gasteiger partial charge in [-0.3, -0.25) is 4.79 Å². The lowest BCUT2D eigenvalue weighted by Gasteiger charge is -2.17. The number of hydrogen-bond donors (Lipinski definition) is 1. The maximum absolute atomic E-state index is 11.8. The number of carbonyl (C=O) groups excluding carboxylic acids is 1. The first kappa shape index (κ1) is 11.2. The van der Waals surface area contributed by atoms with E-state index in [1.165, 1.54) is 5.56 Å². The minimum absolute atomic E-state index is 0.168. The van der Waals surface area contributed by atoms with Crippen LogP contribution in [-0.2, 0) is 4.79 Å². The lowest BCUT2D eigenvalue weighted by molar-refractivity contribution is -0.123. The first-order valence-electron chi connectivity index (χ1n) is 6.07. The molecular formula is C14H19NO. The Morgan fingerprint density at radius 3 is 2.56 bits per heavy atom. The minimum Gasteiger partial charge on any atom is -0.349 e. The fraction of sp³-hybridized carbons (Fsp3) is 0.500. The molecule has 86 valence electrons. The number of amides is 1. The highest BCUT2D eigenvalue weighted by atomic mass is 16.2. The molecule has 0 spiro atoms. The highest BCUT2D eigenvalue weighted by Crippen LogP contribution is 2.38. The Bertz CT molecular complexity index is 360. The van der Waals surface area contributed by atoms with Crippen LogP contribution in [-0.4, -0.2) is 5.91 Å². The van der Waals surface area contributed by atoms with Crippen LogP contribution in [0.2, 0.25) is 0 Å². The van der Waals surface area contributed by atoms with Gasteiger partial charge in [-0.15, -0.1) is 0 Å². The van der Waals surface area contributed by atoms with Crippen molar-refractivity contribution < 1.29 is 4.79 Å². The molecule has 1 fully saturated rings. The molecule has 3 atom stereocenters. The van der Waals surface area contributed by atoms with E-state index in [4.69, 9.17) is 0 Å². The summed E-state index contributed by atoms with van der Waals surface area (Å²) in [5.74, 6) is 1.06. The van der Waals surface area contributed by atoms with Gasteiger partial charge in [-0.2, -0.15) is 0 Å². The molecule has 0 aromatic heterocycles. The second-order valence-electron chi connectivity index (χ2n) is 4.70. The van der Waals surface area contributed by atoms with Gasteiger partial charge in [0, 0.05) is 5.92 Å². The molecule has 2 rings (SSSR count). The molecule has 2 nitrogen and oxygen atoms in total. The van der Waals surface area contributed by atoms with Crippen molar-refractivity contribution in [1.29, 1.82) is 0 Å². The summed E-state index contributed by atoms with van der Waals surface area (Å²) in [6.07, 6.45) is 1.99. The van der Waals surface area contributed by atoms with Gasteiger partial charge in [0.25, 0.3) is 0 Å². The SMILES string of the molecule is CC[C@@H](NC(=O)[C@H]1C[C@@H]1C)c1ccccc1. The average molecular weight is 217 g/mol. The maximum Gasteiger partial charge on any atom is 0.223 e. The number of carbonyl (C=O) groups is 1. The first-order chi connectivity index (χ1) is 7.72. The van der Waals surface area contributed by atoms with Gasteiger partial charge in [-0.25, -0.2) is 0 Å². The average Bonchev–Trinajstić information content (AvgIpc) is 3.04. The molecule has 1 N–H and O–H groups in total. The minimum atomic E-state index is 0.168. The molecule has 1 amide bonds. The zero-order chi connectivity index (χ0) is 11.5. The molecule has 0 aliphatic heterocycles. The summed E-state index contributed by atoms with van der Waals surface area (Å²) in [6, 6.07) is 10.4. The van der Waals surface area contributed by atoms with Crippen molar-refractivity contribution in [2.24, 2.45) is 11.8 Å². The van der Waals surface area contributed by atoms with Crippen molar-refractivity contribution in [3.05, 3.63) is 35.9 Å². The van der Waals surface area contributed by atoms with E-state index < -0.39 is 0 Å². The van der Waals surface area contributed by atoms with E-state index in [1.807, 2.05) is 18.2 Å². The standard InChI is InChI=1S/C14H19NO/c1-3-13(11-7-5-4-6-8-11)15-14(16)12-9-10(12)2/h4-8,10,12-13H,3,9H2,1-2H3,(H,15,16)/t10-,12-,13+/m0/s1. The van der Waals surface area contributed by atoms with Crippen LogP contribution in [0, 0.1) is 11.8 Å². The monoisotopic (exact) mass is 217 g/mol.